The SMILES string of the molecule is Cc1nn(CCC2CCN(C(=O)OC(C)(C)C)CC2)c(C)c1B1OC(C)(C)C(C)(C)O1. The summed E-state index contributed by atoms with van der Waals surface area (Å²) in [6.07, 6.45) is 2.86. The molecule has 0 N–H and O–H groups in total. The Labute approximate surface area is 187 Å². The van der Waals surface area contributed by atoms with Crippen molar-refractivity contribution in [3.05, 3.63) is 11.4 Å². The van der Waals surface area contributed by atoms with E-state index in [1.165, 1.54) is 0 Å². The van der Waals surface area contributed by atoms with Crippen LogP contribution in [-0.2, 0) is 20.6 Å². The van der Waals surface area contributed by atoms with Crippen LogP contribution in [0.3, 0.4) is 0 Å². The van der Waals surface area contributed by atoms with Gasteiger partial charge in [-0.2, -0.15) is 5.10 Å². The first kappa shape index (κ1) is 24.1. The molecular weight excluding hydrogens is 393 g/mol. The first-order valence-electron chi connectivity index (χ1n) is 11.6. The van der Waals surface area contributed by atoms with Crippen molar-refractivity contribution in [2.24, 2.45) is 5.92 Å². The molecule has 174 valence electrons. The van der Waals surface area contributed by atoms with Crippen molar-refractivity contribution in [2.75, 3.05) is 13.1 Å². The quantitative estimate of drug-likeness (QED) is 0.676. The molecule has 2 aliphatic heterocycles. The highest BCUT2D eigenvalue weighted by molar-refractivity contribution is 6.63. The highest BCUT2D eigenvalue weighted by atomic mass is 16.7. The standard InChI is InChI=1S/C23H40BN3O4/c1-16-19(24-30-22(6,7)23(8,9)31-24)17(2)27(25-16)15-12-18-10-13-26(14-11-18)20(28)29-21(3,4)5/h18H,10-15H2,1-9H3. The molecule has 0 atom stereocenters. The number of rotatable bonds is 4. The summed E-state index contributed by atoms with van der Waals surface area (Å²) in [4.78, 5) is 14.1. The molecule has 0 bridgehead atoms. The number of amides is 1. The Morgan fingerprint density at radius 1 is 1.13 bits per heavy atom. The van der Waals surface area contributed by atoms with Gasteiger partial charge in [0.15, 0.2) is 0 Å². The number of likely N-dealkylation sites (tertiary alicyclic amines) is 1. The van der Waals surface area contributed by atoms with Gasteiger partial charge < -0.3 is 18.9 Å². The fourth-order valence-corrected chi connectivity index (χ4v) is 4.27. The van der Waals surface area contributed by atoms with Gasteiger partial charge in [0.1, 0.15) is 5.60 Å². The summed E-state index contributed by atoms with van der Waals surface area (Å²) in [6.45, 7) is 20.5. The topological polar surface area (TPSA) is 65.8 Å². The highest BCUT2D eigenvalue weighted by Gasteiger charge is 2.53. The molecule has 2 aliphatic rings. The third kappa shape index (κ3) is 5.28. The number of carbonyl (C=O) groups is 1. The summed E-state index contributed by atoms with van der Waals surface area (Å²) in [5, 5.41) is 4.79. The average molecular weight is 433 g/mol. The average Bonchev–Trinajstić information content (AvgIpc) is 3.02. The lowest BCUT2D eigenvalue weighted by atomic mass is 9.77. The first-order valence-corrected chi connectivity index (χ1v) is 11.6. The summed E-state index contributed by atoms with van der Waals surface area (Å²) in [5.41, 5.74) is 1.97. The predicted octanol–water partition coefficient (Wildman–Crippen LogP) is 3.84. The van der Waals surface area contributed by atoms with E-state index in [1.807, 2.05) is 32.6 Å². The largest absolute Gasteiger partial charge is 0.498 e. The number of hydrogen-bond acceptors (Lipinski definition) is 5. The smallest absolute Gasteiger partial charge is 0.444 e. The van der Waals surface area contributed by atoms with Crippen LogP contribution in [0.2, 0.25) is 0 Å². The molecule has 0 spiro atoms. The number of hydrogen-bond donors (Lipinski definition) is 0. The molecule has 3 rings (SSSR count). The van der Waals surface area contributed by atoms with E-state index in [4.69, 9.17) is 19.1 Å². The second-order valence-electron chi connectivity index (χ2n) is 11.1. The van der Waals surface area contributed by atoms with Crippen LogP contribution in [0.25, 0.3) is 0 Å². The molecule has 3 heterocycles. The van der Waals surface area contributed by atoms with Gasteiger partial charge >= 0.3 is 13.2 Å². The second kappa shape index (κ2) is 8.43. The van der Waals surface area contributed by atoms with Crippen molar-refractivity contribution in [1.29, 1.82) is 0 Å². The van der Waals surface area contributed by atoms with Crippen molar-refractivity contribution in [3.63, 3.8) is 0 Å². The Bertz CT molecular complexity index is 788. The van der Waals surface area contributed by atoms with E-state index in [0.717, 1.165) is 55.7 Å². The Morgan fingerprint density at radius 3 is 2.19 bits per heavy atom. The fourth-order valence-electron chi connectivity index (χ4n) is 4.27. The lowest BCUT2D eigenvalue weighted by Gasteiger charge is -2.33. The van der Waals surface area contributed by atoms with E-state index in [-0.39, 0.29) is 24.4 Å². The van der Waals surface area contributed by atoms with Crippen LogP contribution in [0.1, 0.15) is 79.1 Å². The predicted molar refractivity (Wildman–Crippen MR) is 123 cm³/mol. The van der Waals surface area contributed by atoms with Gasteiger partial charge in [-0.05, 0) is 87.5 Å². The van der Waals surface area contributed by atoms with Crippen LogP contribution in [-0.4, -0.2) is 57.8 Å². The molecule has 2 fully saturated rings. The monoisotopic (exact) mass is 433 g/mol. The number of nitrogens with zero attached hydrogens (tertiary/aromatic N) is 3. The molecule has 0 unspecified atom stereocenters. The second-order valence-corrected chi connectivity index (χ2v) is 11.1. The molecule has 2 saturated heterocycles. The van der Waals surface area contributed by atoms with E-state index in [1.54, 1.807) is 0 Å². The molecule has 8 heteroatoms. The van der Waals surface area contributed by atoms with Crippen molar-refractivity contribution in [1.82, 2.24) is 14.7 Å². The number of aryl methyl sites for hydroxylation is 2. The maximum atomic E-state index is 12.3. The van der Waals surface area contributed by atoms with Crippen LogP contribution in [0.5, 0.6) is 0 Å². The highest BCUT2D eigenvalue weighted by Crippen LogP contribution is 2.37. The summed E-state index contributed by atoms with van der Waals surface area (Å²) in [6, 6.07) is 0. The molecule has 1 amide bonds. The zero-order valence-corrected chi connectivity index (χ0v) is 20.9. The summed E-state index contributed by atoms with van der Waals surface area (Å²) in [5.74, 6) is 0.586. The van der Waals surface area contributed by atoms with Crippen molar-refractivity contribution >= 4 is 18.7 Å². The van der Waals surface area contributed by atoms with Crippen molar-refractivity contribution in [2.45, 2.75) is 105 Å². The minimum atomic E-state index is -0.446. The van der Waals surface area contributed by atoms with Crippen LogP contribution in [0, 0.1) is 19.8 Å². The third-order valence-electron chi connectivity index (χ3n) is 6.94. The molecule has 0 radical (unpaired) electrons. The Morgan fingerprint density at radius 2 is 1.68 bits per heavy atom. The molecule has 1 aromatic heterocycles. The van der Waals surface area contributed by atoms with E-state index in [2.05, 4.69) is 39.3 Å². The summed E-state index contributed by atoms with van der Waals surface area (Å²) >= 11 is 0. The van der Waals surface area contributed by atoms with Crippen LogP contribution < -0.4 is 5.46 Å². The Kier molecular flexibility index (Phi) is 6.56. The van der Waals surface area contributed by atoms with Gasteiger partial charge in [0.2, 0.25) is 0 Å². The van der Waals surface area contributed by atoms with E-state index in [0.29, 0.717) is 5.92 Å². The summed E-state index contributed by atoms with van der Waals surface area (Å²) in [7, 11) is -0.379. The van der Waals surface area contributed by atoms with E-state index in [9.17, 15) is 4.79 Å². The lowest BCUT2D eigenvalue weighted by Crippen LogP contribution is -2.41. The van der Waals surface area contributed by atoms with Gasteiger partial charge in [0, 0.05) is 30.8 Å². The minimum absolute atomic E-state index is 0.198. The van der Waals surface area contributed by atoms with Gasteiger partial charge in [-0.25, -0.2) is 4.79 Å². The molecule has 31 heavy (non-hydrogen) atoms. The van der Waals surface area contributed by atoms with Crippen molar-refractivity contribution < 1.29 is 18.8 Å². The van der Waals surface area contributed by atoms with Crippen molar-refractivity contribution in [3.8, 4) is 0 Å². The zero-order valence-electron chi connectivity index (χ0n) is 20.9. The van der Waals surface area contributed by atoms with Gasteiger partial charge in [-0.1, -0.05) is 0 Å². The van der Waals surface area contributed by atoms with Crippen LogP contribution >= 0.6 is 0 Å². The molecule has 0 saturated carbocycles. The number of ether oxygens (including phenoxy) is 1. The maximum Gasteiger partial charge on any atom is 0.498 e. The number of aromatic nitrogens is 2. The Hall–Kier alpha value is -1.54. The fraction of sp³-hybridized carbons (Fsp3) is 0.826. The van der Waals surface area contributed by atoms with Crippen LogP contribution in [0.4, 0.5) is 4.79 Å². The lowest BCUT2D eigenvalue weighted by molar-refractivity contribution is 0.00578. The molecule has 1 aromatic rings. The van der Waals surface area contributed by atoms with Gasteiger partial charge in [-0.15, -0.1) is 0 Å². The molecular formula is C23H40BN3O4. The molecule has 0 aromatic carbocycles. The van der Waals surface area contributed by atoms with E-state index >= 15 is 0 Å². The first-order chi connectivity index (χ1) is 14.2. The summed E-state index contributed by atoms with van der Waals surface area (Å²) < 4.78 is 20.1. The maximum absolute atomic E-state index is 12.3. The normalized spacial score (nSPS) is 21.6. The Balaban J connectivity index is 1.56. The zero-order chi connectivity index (χ0) is 23.2. The van der Waals surface area contributed by atoms with Gasteiger partial charge in [0.05, 0.1) is 16.9 Å². The van der Waals surface area contributed by atoms with Gasteiger partial charge in [0.25, 0.3) is 0 Å². The minimum Gasteiger partial charge on any atom is -0.444 e. The van der Waals surface area contributed by atoms with Crippen LogP contribution in [0.15, 0.2) is 0 Å². The molecule has 7 nitrogen and oxygen atoms in total. The third-order valence-corrected chi connectivity index (χ3v) is 6.94. The van der Waals surface area contributed by atoms with E-state index < -0.39 is 5.60 Å². The number of piperidine rings is 1. The number of carbonyl (C=O) groups excluding carboxylic acids is 1. The molecule has 0 aliphatic carbocycles. The van der Waals surface area contributed by atoms with Gasteiger partial charge in [-0.3, -0.25) is 4.68 Å².